The summed E-state index contributed by atoms with van der Waals surface area (Å²) in [5.74, 6) is 3.43. The van der Waals surface area contributed by atoms with Crippen molar-refractivity contribution in [3.05, 3.63) is 48.0 Å². The zero-order chi connectivity index (χ0) is 22.7. The molecule has 2 aromatic carbocycles. The van der Waals surface area contributed by atoms with Gasteiger partial charge in [-0.1, -0.05) is 30.2 Å². The Morgan fingerprint density at radius 1 is 1.22 bits per heavy atom. The minimum Gasteiger partial charge on any atom is -0.507 e. The van der Waals surface area contributed by atoms with Gasteiger partial charge in [0.15, 0.2) is 5.82 Å². The van der Waals surface area contributed by atoms with Crippen molar-refractivity contribution in [1.29, 1.82) is 0 Å². The summed E-state index contributed by atoms with van der Waals surface area (Å²) >= 11 is 0. The molecule has 0 aliphatic carbocycles. The molecule has 7 nitrogen and oxygen atoms in total. The molecule has 4 rings (SSSR count). The summed E-state index contributed by atoms with van der Waals surface area (Å²) in [4.78, 5) is 2.18. The number of terminal acetylenes is 1. The Kier molecular flexibility index (Phi) is 6.31. The van der Waals surface area contributed by atoms with Gasteiger partial charge in [0, 0.05) is 47.3 Å². The molecule has 0 bridgehead atoms. The average Bonchev–Trinajstić information content (AvgIpc) is 2.78. The Balaban J connectivity index is 1.60. The van der Waals surface area contributed by atoms with Crippen molar-refractivity contribution in [3.63, 3.8) is 0 Å². The van der Waals surface area contributed by atoms with E-state index in [0.717, 1.165) is 36.7 Å². The smallest absolute Gasteiger partial charge is 0.156 e. The third kappa shape index (κ3) is 5.01. The van der Waals surface area contributed by atoms with Crippen LogP contribution in [-0.2, 0) is 9.84 Å². The number of fused-ring (bicyclic) bond motifs is 1. The maximum absolute atomic E-state index is 11.5. The number of benzene rings is 2. The third-order valence-corrected chi connectivity index (χ3v) is 6.66. The number of phenols is 1. The second-order valence-corrected chi connectivity index (χ2v) is 10.5. The number of phenolic OH excluding ortho intramolecular Hbond substituents is 1. The fourth-order valence-electron chi connectivity index (χ4n) is 4.10. The lowest BCUT2D eigenvalue weighted by Crippen LogP contribution is -2.43. The van der Waals surface area contributed by atoms with E-state index >= 15 is 0 Å². The molecule has 1 aliphatic heterocycles. The van der Waals surface area contributed by atoms with Gasteiger partial charge in [0.2, 0.25) is 0 Å². The van der Waals surface area contributed by atoms with Crippen molar-refractivity contribution in [3.8, 4) is 29.4 Å². The highest BCUT2D eigenvalue weighted by molar-refractivity contribution is 7.90. The number of rotatable bonds is 6. The number of piperidine rings is 1. The van der Waals surface area contributed by atoms with Crippen LogP contribution in [0.4, 0.5) is 5.82 Å². The van der Waals surface area contributed by atoms with E-state index in [4.69, 9.17) is 6.42 Å². The summed E-state index contributed by atoms with van der Waals surface area (Å²) in [7, 11) is -2.98. The third-order valence-electron chi connectivity index (χ3n) is 5.73. The molecule has 0 amide bonds. The zero-order valence-electron chi connectivity index (χ0n) is 18.0. The molecule has 8 heteroatoms. The highest BCUT2D eigenvalue weighted by atomic mass is 32.2. The molecule has 1 fully saturated rings. The topological polar surface area (TPSA) is 95.4 Å². The number of hydrogen-bond acceptors (Lipinski definition) is 7. The molecule has 1 atom stereocenters. The number of sulfone groups is 1. The van der Waals surface area contributed by atoms with Gasteiger partial charge in [-0.3, -0.25) is 0 Å². The predicted octanol–water partition coefficient (Wildman–Crippen LogP) is 2.90. The Bertz CT molecular complexity index is 1280. The standard InChI is InChI=1S/C24H26N4O3S/c1-3-17-10-11-21(22(29)15-17)23-19-8-4-5-9-20(19)24(27-26-23)25-18-7-6-12-28(16-18)13-14-32(2,30)31/h1,4-5,8-11,15,18,29H,6-7,12-14,16H2,2H3,(H,25,27)/t18-/m1/s1. The Labute approximate surface area is 188 Å². The molecule has 3 aromatic rings. The summed E-state index contributed by atoms with van der Waals surface area (Å²) < 4.78 is 23.0. The molecule has 2 N–H and O–H groups in total. The Hall–Kier alpha value is -3.15. The first kappa shape index (κ1) is 22.1. The van der Waals surface area contributed by atoms with Crippen LogP contribution in [0.3, 0.4) is 0 Å². The maximum atomic E-state index is 11.5. The number of hydrogen-bond donors (Lipinski definition) is 2. The fraction of sp³-hybridized carbons (Fsp3) is 0.333. The van der Waals surface area contributed by atoms with Crippen LogP contribution in [0.1, 0.15) is 18.4 Å². The minimum atomic E-state index is -2.98. The van der Waals surface area contributed by atoms with Gasteiger partial charge in [-0.05, 0) is 37.6 Å². The summed E-state index contributed by atoms with van der Waals surface area (Å²) in [6, 6.07) is 13.0. The number of likely N-dealkylation sites (tertiary alicyclic amines) is 1. The van der Waals surface area contributed by atoms with Crippen molar-refractivity contribution < 1.29 is 13.5 Å². The first-order valence-corrected chi connectivity index (χ1v) is 12.6. The summed E-state index contributed by atoms with van der Waals surface area (Å²) in [5, 5.41) is 24.6. The van der Waals surface area contributed by atoms with Crippen molar-refractivity contribution in [2.45, 2.75) is 18.9 Å². The monoisotopic (exact) mass is 450 g/mol. The van der Waals surface area contributed by atoms with Crippen LogP contribution in [0.15, 0.2) is 42.5 Å². The van der Waals surface area contributed by atoms with E-state index in [1.165, 1.54) is 6.26 Å². The molecular formula is C24H26N4O3S. The maximum Gasteiger partial charge on any atom is 0.156 e. The summed E-state index contributed by atoms with van der Waals surface area (Å²) in [5.41, 5.74) is 1.76. The Morgan fingerprint density at radius 3 is 2.72 bits per heavy atom. The number of nitrogens with zero attached hydrogens (tertiary/aromatic N) is 3. The minimum absolute atomic E-state index is 0.0643. The molecule has 0 saturated carbocycles. The van der Waals surface area contributed by atoms with E-state index in [9.17, 15) is 13.5 Å². The van der Waals surface area contributed by atoms with Crippen LogP contribution in [0, 0.1) is 12.3 Å². The number of anilines is 1. The Morgan fingerprint density at radius 2 is 2.00 bits per heavy atom. The van der Waals surface area contributed by atoms with Gasteiger partial charge < -0.3 is 15.3 Å². The fourth-order valence-corrected chi connectivity index (χ4v) is 4.69. The second-order valence-electron chi connectivity index (χ2n) is 8.23. The second kappa shape index (κ2) is 9.15. The lowest BCUT2D eigenvalue weighted by molar-refractivity contribution is 0.227. The molecule has 166 valence electrons. The van der Waals surface area contributed by atoms with Crippen LogP contribution in [0.25, 0.3) is 22.0 Å². The molecule has 0 spiro atoms. The van der Waals surface area contributed by atoms with Crippen LogP contribution in [0.5, 0.6) is 5.75 Å². The van der Waals surface area contributed by atoms with Gasteiger partial charge in [0.1, 0.15) is 21.3 Å². The van der Waals surface area contributed by atoms with Gasteiger partial charge in [-0.2, -0.15) is 0 Å². The SMILES string of the molecule is C#Cc1ccc(-c2nnc(N[C@@H]3CCCN(CCS(C)(=O)=O)C3)c3ccccc23)c(O)c1. The summed E-state index contributed by atoms with van der Waals surface area (Å²) in [6.45, 7) is 2.18. The van der Waals surface area contributed by atoms with Crippen molar-refractivity contribution >= 4 is 26.4 Å². The van der Waals surface area contributed by atoms with E-state index in [-0.39, 0.29) is 17.5 Å². The molecule has 1 aromatic heterocycles. The van der Waals surface area contributed by atoms with Crippen LogP contribution < -0.4 is 5.32 Å². The van der Waals surface area contributed by atoms with Crippen LogP contribution in [-0.4, -0.2) is 66.3 Å². The molecule has 32 heavy (non-hydrogen) atoms. The molecule has 1 aliphatic rings. The van der Waals surface area contributed by atoms with Crippen molar-refractivity contribution in [2.24, 2.45) is 0 Å². The van der Waals surface area contributed by atoms with Gasteiger partial charge in [-0.25, -0.2) is 8.42 Å². The number of aromatic hydroxyl groups is 1. The molecule has 0 unspecified atom stereocenters. The van der Waals surface area contributed by atoms with E-state index in [2.05, 4.69) is 26.3 Å². The summed E-state index contributed by atoms with van der Waals surface area (Å²) in [6.07, 6.45) is 8.66. The normalized spacial score (nSPS) is 17.2. The van der Waals surface area contributed by atoms with Crippen molar-refractivity contribution in [1.82, 2.24) is 15.1 Å². The first-order chi connectivity index (χ1) is 15.3. The van der Waals surface area contributed by atoms with Crippen LogP contribution >= 0.6 is 0 Å². The lowest BCUT2D eigenvalue weighted by Gasteiger charge is -2.33. The van der Waals surface area contributed by atoms with Gasteiger partial charge in [0.25, 0.3) is 0 Å². The molecular weight excluding hydrogens is 424 g/mol. The first-order valence-electron chi connectivity index (χ1n) is 10.6. The van der Waals surface area contributed by atoms with E-state index in [1.807, 2.05) is 24.3 Å². The molecule has 0 radical (unpaired) electrons. The quantitative estimate of drug-likeness (QED) is 0.558. The number of aromatic nitrogens is 2. The largest absolute Gasteiger partial charge is 0.507 e. The van der Waals surface area contributed by atoms with E-state index in [1.54, 1.807) is 18.2 Å². The average molecular weight is 451 g/mol. The highest BCUT2D eigenvalue weighted by Gasteiger charge is 2.22. The van der Waals surface area contributed by atoms with Gasteiger partial charge in [0.05, 0.1) is 5.75 Å². The van der Waals surface area contributed by atoms with E-state index in [0.29, 0.717) is 29.2 Å². The molecule has 2 heterocycles. The van der Waals surface area contributed by atoms with Gasteiger partial charge >= 0.3 is 0 Å². The molecule has 1 saturated heterocycles. The van der Waals surface area contributed by atoms with Crippen LogP contribution in [0.2, 0.25) is 0 Å². The highest BCUT2D eigenvalue weighted by Crippen LogP contribution is 2.35. The lowest BCUT2D eigenvalue weighted by atomic mass is 10.0. The van der Waals surface area contributed by atoms with Crippen molar-refractivity contribution in [2.75, 3.05) is 37.0 Å². The van der Waals surface area contributed by atoms with Gasteiger partial charge in [-0.15, -0.1) is 16.6 Å². The van der Waals surface area contributed by atoms with E-state index < -0.39 is 9.84 Å². The predicted molar refractivity (Wildman–Crippen MR) is 127 cm³/mol. The number of nitrogens with one attached hydrogen (secondary N) is 1. The zero-order valence-corrected chi connectivity index (χ0v) is 18.8.